The fourth-order valence-electron chi connectivity index (χ4n) is 5.24. The van der Waals surface area contributed by atoms with Gasteiger partial charge < -0.3 is 11.1 Å². The number of hydrogen-bond acceptors (Lipinski definition) is 7. The van der Waals surface area contributed by atoms with Gasteiger partial charge in [0, 0.05) is 68.2 Å². The first-order valence-electron chi connectivity index (χ1n) is 13.8. The van der Waals surface area contributed by atoms with Crippen LogP contribution in [-0.2, 0) is 17.9 Å². The first-order valence-corrected chi connectivity index (χ1v) is 13.8. The summed E-state index contributed by atoms with van der Waals surface area (Å²) in [4.78, 5) is 26.1. The lowest BCUT2D eigenvalue weighted by atomic mass is 9.99. The van der Waals surface area contributed by atoms with E-state index in [1.165, 1.54) is 19.3 Å². The van der Waals surface area contributed by atoms with Gasteiger partial charge in [-0.1, -0.05) is 12.5 Å². The minimum Gasteiger partial charge on any atom is -0.398 e. The number of aromatic nitrogens is 2. The number of carbonyl (C=O) groups is 1. The second kappa shape index (κ2) is 12.2. The molecule has 2 aromatic heterocycles. The third kappa shape index (κ3) is 7.05. The van der Waals surface area contributed by atoms with E-state index >= 15 is 0 Å². The summed E-state index contributed by atoms with van der Waals surface area (Å²) in [7, 11) is 0. The number of alkyl halides is 2. The Morgan fingerprint density at radius 3 is 2.40 bits per heavy atom. The Balaban J connectivity index is 1.23. The lowest BCUT2D eigenvalue weighted by molar-refractivity contribution is -0.110. The molecule has 40 heavy (non-hydrogen) atoms. The summed E-state index contributed by atoms with van der Waals surface area (Å²) < 4.78 is 27.0. The molecule has 8 nitrogen and oxygen atoms in total. The van der Waals surface area contributed by atoms with E-state index in [9.17, 15) is 13.6 Å². The van der Waals surface area contributed by atoms with Crippen molar-refractivity contribution in [2.45, 2.75) is 51.1 Å². The Labute approximate surface area is 233 Å². The van der Waals surface area contributed by atoms with Crippen LogP contribution in [-0.4, -0.2) is 63.5 Å². The molecule has 2 saturated heterocycles. The number of piperidine rings is 2. The molecule has 0 radical (unpaired) electrons. The number of pyridine rings is 2. The lowest BCUT2D eigenvalue weighted by Gasteiger charge is -2.31. The summed E-state index contributed by atoms with van der Waals surface area (Å²) in [5.74, 6) is -3.16. The van der Waals surface area contributed by atoms with E-state index in [0.29, 0.717) is 36.6 Å². The molecule has 0 atom stereocenters. The molecule has 1 amide bonds. The Morgan fingerprint density at radius 2 is 1.68 bits per heavy atom. The van der Waals surface area contributed by atoms with Crippen LogP contribution in [0.3, 0.4) is 0 Å². The molecule has 4 heterocycles. The number of nitrogens with zero attached hydrogens (tertiary/aromatic N) is 4. The van der Waals surface area contributed by atoms with E-state index in [1.54, 1.807) is 36.8 Å². The third-order valence-corrected chi connectivity index (χ3v) is 7.59. The number of nitrogen functional groups attached to an aromatic ring is 1. The summed E-state index contributed by atoms with van der Waals surface area (Å²) >= 11 is 0. The molecule has 5 rings (SSSR count). The van der Waals surface area contributed by atoms with Crippen LogP contribution in [0.2, 0.25) is 0 Å². The summed E-state index contributed by atoms with van der Waals surface area (Å²) in [5.41, 5.74) is 10.5. The minimum atomic E-state index is -2.58. The van der Waals surface area contributed by atoms with Crippen molar-refractivity contribution in [3.8, 4) is 11.1 Å². The first-order chi connectivity index (χ1) is 19.3. The van der Waals surface area contributed by atoms with Gasteiger partial charge in [-0.25, -0.2) is 8.78 Å². The SMILES string of the molecule is N=C(C(=O)Nc1ccc(CN2CCCCC2)nc1)c1cc(-c2cncc(CN3CCC(F)(F)CC3)c2)ccc1N. The van der Waals surface area contributed by atoms with Gasteiger partial charge in [-0.3, -0.25) is 30.0 Å². The van der Waals surface area contributed by atoms with Crippen LogP contribution in [0, 0.1) is 5.41 Å². The molecule has 0 aliphatic carbocycles. The highest BCUT2D eigenvalue weighted by Crippen LogP contribution is 2.29. The molecule has 0 unspecified atom stereocenters. The smallest absolute Gasteiger partial charge is 0.274 e. The van der Waals surface area contributed by atoms with Gasteiger partial charge in [0.1, 0.15) is 5.71 Å². The third-order valence-electron chi connectivity index (χ3n) is 7.59. The molecule has 0 spiro atoms. The predicted octanol–water partition coefficient (Wildman–Crippen LogP) is 4.95. The van der Waals surface area contributed by atoms with E-state index in [1.807, 2.05) is 23.1 Å². The summed E-state index contributed by atoms with van der Waals surface area (Å²) in [6.45, 7) is 4.16. The van der Waals surface area contributed by atoms with E-state index in [4.69, 9.17) is 11.1 Å². The molecule has 0 bridgehead atoms. The molecule has 1 aromatic carbocycles. The van der Waals surface area contributed by atoms with Gasteiger partial charge in [0.25, 0.3) is 11.8 Å². The Hall–Kier alpha value is -3.76. The summed E-state index contributed by atoms with van der Waals surface area (Å²) in [5, 5.41) is 11.3. The maximum absolute atomic E-state index is 13.5. The normalized spacial score (nSPS) is 17.9. The van der Waals surface area contributed by atoms with Crippen LogP contribution in [0.15, 0.2) is 55.0 Å². The van der Waals surface area contributed by atoms with Gasteiger partial charge >= 0.3 is 0 Å². The number of benzene rings is 1. The molecule has 2 aliphatic heterocycles. The van der Waals surface area contributed by atoms with Crippen LogP contribution >= 0.6 is 0 Å². The lowest BCUT2D eigenvalue weighted by Crippen LogP contribution is -2.38. The zero-order valence-electron chi connectivity index (χ0n) is 22.5. The van der Waals surface area contributed by atoms with Crippen molar-refractivity contribution in [1.82, 2.24) is 19.8 Å². The topological polar surface area (TPSA) is 111 Å². The van der Waals surface area contributed by atoms with Crippen LogP contribution in [0.1, 0.15) is 48.9 Å². The van der Waals surface area contributed by atoms with E-state index < -0.39 is 11.8 Å². The molecule has 4 N–H and O–H groups in total. The fourth-order valence-corrected chi connectivity index (χ4v) is 5.24. The standard InChI is InChI=1S/C30H35F2N7O/c31-30(32)8-12-39(13-9-30)19-21-14-23(17-35-16-21)22-4-7-27(33)26(15-22)28(34)29(40)37-24-5-6-25(36-18-24)20-38-10-2-1-3-11-38/h4-7,14-18,34H,1-3,8-13,19-20,33H2,(H,37,40). The summed E-state index contributed by atoms with van der Waals surface area (Å²) in [6.07, 6.45) is 8.48. The molecule has 3 aromatic rings. The van der Waals surface area contributed by atoms with Gasteiger partial charge in [0.15, 0.2) is 0 Å². The van der Waals surface area contributed by atoms with Crippen LogP contribution in [0.25, 0.3) is 11.1 Å². The molecular formula is C30H35F2N7O. The minimum absolute atomic E-state index is 0.134. The highest BCUT2D eigenvalue weighted by atomic mass is 19.3. The van der Waals surface area contributed by atoms with Crippen molar-refractivity contribution in [2.75, 3.05) is 37.2 Å². The molecule has 210 valence electrons. The maximum Gasteiger partial charge on any atom is 0.274 e. The molecule has 2 aliphatic rings. The van der Waals surface area contributed by atoms with Gasteiger partial charge in [-0.05, 0) is 67.4 Å². The van der Waals surface area contributed by atoms with E-state index in [0.717, 1.165) is 42.0 Å². The second-order valence-corrected chi connectivity index (χ2v) is 10.7. The van der Waals surface area contributed by atoms with Crippen LogP contribution in [0.4, 0.5) is 20.2 Å². The number of likely N-dealkylation sites (tertiary alicyclic amines) is 2. The highest BCUT2D eigenvalue weighted by molar-refractivity contribution is 6.48. The quantitative estimate of drug-likeness (QED) is 0.272. The fraction of sp³-hybridized carbons (Fsp3) is 0.400. The molecule has 0 saturated carbocycles. The van der Waals surface area contributed by atoms with Crippen molar-refractivity contribution >= 4 is 23.0 Å². The van der Waals surface area contributed by atoms with E-state index in [2.05, 4.69) is 20.2 Å². The Morgan fingerprint density at radius 1 is 0.925 bits per heavy atom. The van der Waals surface area contributed by atoms with Gasteiger partial charge in [-0.15, -0.1) is 0 Å². The summed E-state index contributed by atoms with van der Waals surface area (Å²) in [6, 6.07) is 10.9. The van der Waals surface area contributed by atoms with Gasteiger partial charge in [0.2, 0.25) is 0 Å². The van der Waals surface area contributed by atoms with Crippen molar-refractivity contribution in [3.63, 3.8) is 0 Å². The average molecular weight is 548 g/mol. The number of rotatable bonds is 8. The Kier molecular flexibility index (Phi) is 8.46. The van der Waals surface area contributed by atoms with E-state index in [-0.39, 0.29) is 18.6 Å². The number of nitrogens with one attached hydrogen (secondary N) is 2. The van der Waals surface area contributed by atoms with Crippen molar-refractivity contribution in [3.05, 3.63) is 71.8 Å². The van der Waals surface area contributed by atoms with Crippen molar-refractivity contribution in [2.24, 2.45) is 0 Å². The first kappa shape index (κ1) is 27.8. The van der Waals surface area contributed by atoms with Gasteiger partial charge in [-0.2, -0.15) is 0 Å². The monoisotopic (exact) mass is 547 g/mol. The van der Waals surface area contributed by atoms with Crippen LogP contribution in [0.5, 0.6) is 0 Å². The number of anilines is 2. The molecule has 10 heteroatoms. The highest BCUT2D eigenvalue weighted by Gasteiger charge is 2.33. The Bertz CT molecular complexity index is 1350. The zero-order valence-corrected chi connectivity index (χ0v) is 22.5. The zero-order chi connectivity index (χ0) is 28.1. The number of nitrogens with two attached hydrogens (primary N) is 1. The second-order valence-electron chi connectivity index (χ2n) is 10.7. The number of carbonyl (C=O) groups excluding carboxylic acids is 1. The average Bonchev–Trinajstić information content (AvgIpc) is 2.96. The predicted molar refractivity (Wildman–Crippen MR) is 152 cm³/mol. The van der Waals surface area contributed by atoms with Gasteiger partial charge in [0.05, 0.1) is 17.6 Å². The number of amides is 1. The van der Waals surface area contributed by atoms with Crippen molar-refractivity contribution in [1.29, 1.82) is 5.41 Å². The number of halogens is 2. The maximum atomic E-state index is 13.5. The number of hydrogen-bond donors (Lipinski definition) is 3. The largest absolute Gasteiger partial charge is 0.398 e. The van der Waals surface area contributed by atoms with Crippen molar-refractivity contribution < 1.29 is 13.6 Å². The van der Waals surface area contributed by atoms with Crippen LogP contribution < -0.4 is 11.1 Å². The molecular weight excluding hydrogens is 512 g/mol. The molecule has 2 fully saturated rings.